The van der Waals surface area contributed by atoms with E-state index >= 15 is 8.78 Å². The van der Waals surface area contributed by atoms with Crippen LogP contribution in [-0.4, -0.2) is 93.5 Å². The molecule has 5 aromatic heterocycles. The van der Waals surface area contributed by atoms with Crippen LogP contribution in [-0.2, 0) is 12.1 Å². The summed E-state index contributed by atoms with van der Waals surface area (Å²) < 4.78 is 33.8. The third-order valence-electron chi connectivity index (χ3n) is 11.2. The predicted molar refractivity (Wildman–Crippen MR) is 222 cm³/mol. The van der Waals surface area contributed by atoms with Gasteiger partial charge >= 0.3 is 0 Å². The highest BCUT2D eigenvalue weighted by atomic mass is 19.1. The van der Waals surface area contributed by atoms with Gasteiger partial charge in [0.1, 0.15) is 5.69 Å². The molecule has 0 atom stereocenters. The first-order chi connectivity index (χ1) is 28.9. The minimum atomic E-state index is -0.547. The highest BCUT2D eigenvalue weighted by molar-refractivity contribution is 5.91. The van der Waals surface area contributed by atoms with Crippen LogP contribution >= 0.6 is 0 Å². The van der Waals surface area contributed by atoms with E-state index in [0.29, 0.717) is 34.2 Å². The van der Waals surface area contributed by atoms with Gasteiger partial charge in [0.05, 0.1) is 41.6 Å². The summed E-state index contributed by atoms with van der Waals surface area (Å²) >= 11 is 0. The predicted octanol–water partition coefficient (Wildman–Crippen LogP) is 5.65. The molecule has 2 fully saturated rings. The number of halogens is 2. The van der Waals surface area contributed by atoms with Gasteiger partial charge in [-0.1, -0.05) is 17.3 Å². The van der Waals surface area contributed by atoms with Gasteiger partial charge in [-0.2, -0.15) is 10.2 Å². The highest BCUT2D eigenvalue weighted by Gasteiger charge is 2.27. The standard InChI is InChI=1S/C42H48F2N14O2/c1-26-17-28(5-6-29(26)19-46-40(60)36-25-58(54-52-36)42(2,3)4)38-34(44)22-47-41(50-38)49-31-21-48-57(24-31)32-11-13-55(14-12-32)23-27-9-15-56(16-10-27)39-33(43)18-30(20-45-39)35-7-8-37(59)53-51-35/h5-8,17-18,20-22,24-25,27,32H,9-16,19,23H2,1-4H3,(H,46,60)(H,53,59)(H,47,49,50). The number of likely N-dealkylation sites (tertiary alicyclic amines) is 1. The molecule has 2 aliphatic heterocycles. The Balaban J connectivity index is 0.803. The van der Waals surface area contributed by atoms with E-state index < -0.39 is 11.6 Å². The Morgan fingerprint density at radius 1 is 0.917 bits per heavy atom. The van der Waals surface area contributed by atoms with E-state index in [1.165, 1.54) is 12.1 Å². The average Bonchev–Trinajstić information content (AvgIpc) is 3.93. The van der Waals surface area contributed by atoms with E-state index in [1.807, 2.05) is 55.6 Å². The number of amides is 1. The van der Waals surface area contributed by atoms with Crippen LogP contribution in [0.4, 0.5) is 26.2 Å². The van der Waals surface area contributed by atoms with Crippen LogP contribution < -0.4 is 21.1 Å². The smallest absolute Gasteiger partial charge is 0.273 e. The third kappa shape index (κ3) is 9.22. The number of piperidine rings is 2. The Morgan fingerprint density at radius 3 is 2.42 bits per heavy atom. The van der Waals surface area contributed by atoms with Gasteiger partial charge < -0.3 is 20.4 Å². The number of nitrogens with one attached hydrogen (secondary N) is 3. The number of carbonyl (C=O) groups is 1. The fourth-order valence-electron chi connectivity index (χ4n) is 7.73. The monoisotopic (exact) mass is 818 g/mol. The molecule has 18 heteroatoms. The summed E-state index contributed by atoms with van der Waals surface area (Å²) in [6.45, 7) is 12.5. The Kier molecular flexibility index (Phi) is 11.5. The molecule has 7 heterocycles. The number of aryl methyl sites for hydroxylation is 1. The molecular formula is C42H48F2N14O2. The van der Waals surface area contributed by atoms with Crippen LogP contribution in [0.5, 0.6) is 0 Å². The van der Waals surface area contributed by atoms with Gasteiger partial charge in [-0.25, -0.2) is 33.5 Å². The number of rotatable bonds is 11. The molecule has 0 radical (unpaired) electrons. The van der Waals surface area contributed by atoms with Crippen molar-refractivity contribution in [2.24, 2.45) is 5.92 Å². The van der Waals surface area contributed by atoms with Crippen molar-refractivity contribution in [2.45, 2.75) is 71.5 Å². The quantitative estimate of drug-likeness (QED) is 0.147. The summed E-state index contributed by atoms with van der Waals surface area (Å²) in [6, 6.07) is 10.0. The third-order valence-corrected chi connectivity index (χ3v) is 11.2. The van der Waals surface area contributed by atoms with Gasteiger partial charge in [0.25, 0.3) is 11.5 Å². The van der Waals surface area contributed by atoms with Gasteiger partial charge in [0, 0.05) is 68.9 Å². The minimum Gasteiger partial charge on any atom is -0.354 e. The van der Waals surface area contributed by atoms with Crippen molar-refractivity contribution in [1.82, 2.24) is 60.1 Å². The topological polar surface area (TPSA) is 181 Å². The minimum absolute atomic E-state index is 0.162. The number of nitrogens with zero attached hydrogens (tertiary/aromatic N) is 11. The van der Waals surface area contributed by atoms with Crippen LogP contribution in [0.25, 0.3) is 22.5 Å². The first-order valence-corrected chi connectivity index (χ1v) is 20.2. The SMILES string of the molecule is Cc1cc(-c2nc(Nc3cnn(C4CCN(CC5CCN(c6ncc(-c7ccc(=O)[nH]n7)cc6F)CC5)CC4)c3)ncc2F)ccc1CNC(=O)c1cn(C(C)(C)C)nn1. The maximum atomic E-state index is 15.1. The lowest BCUT2D eigenvalue weighted by Gasteiger charge is -2.38. The van der Waals surface area contributed by atoms with Crippen molar-refractivity contribution in [3.05, 3.63) is 106 Å². The Hall–Kier alpha value is -6.43. The lowest BCUT2D eigenvalue weighted by Crippen LogP contribution is -2.42. The number of aromatic nitrogens is 10. The first kappa shape index (κ1) is 40.4. The maximum Gasteiger partial charge on any atom is 0.273 e. The number of pyridine rings is 1. The molecule has 1 amide bonds. The molecule has 0 bridgehead atoms. The summed E-state index contributed by atoms with van der Waals surface area (Å²) in [7, 11) is 0. The van der Waals surface area contributed by atoms with Crippen molar-refractivity contribution in [2.75, 3.05) is 42.9 Å². The summed E-state index contributed by atoms with van der Waals surface area (Å²) in [5, 5.41) is 25.1. The molecule has 0 saturated carbocycles. The molecule has 2 aliphatic rings. The molecule has 2 saturated heterocycles. The second kappa shape index (κ2) is 17.0. The molecule has 3 N–H and O–H groups in total. The van der Waals surface area contributed by atoms with E-state index in [4.69, 9.17) is 0 Å². The van der Waals surface area contributed by atoms with Crippen molar-refractivity contribution in [3.63, 3.8) is 0 Å². The summed E-state index contributed by atoms with van der Waals surface area (Å²) in [5.74, 6) is -0.146. The summed E-state index contributed by atoms with van der Waals surface area (Å²) in [4.78, 5) is 41.7. The van der Waals surface area contributed by atoms with E-state index in [0.717, 1.165) is 75.7 Å². The Labute approximate surface area is 345 Å². The normalized spacial score (nSPS) is 15.7. The molecule has 1 aromatic carbocycles. The lowest BCUT2D eigenvalue weighted by molar-refractivity contribution is 0.0945. The molecule has 16 nitrogen and oxygen atoms in total. The van der Waals surface area contributed by atoms with E-state index in [-0.39, 0.29) is 46.9 Å². The van der Waals surface area contributed by atoms with Crippen LogP contribution in [0.1, 0.15) is 74.1 Å². The summed E-state index contributed by atoms with van der Waals surface area (Å²) in [5.41, 5.74) is 3.81. The van der Waals surface area contributed by atoms with E-state index in [1.54, 1.807) is 35.4 Å². The molecule has 60 heavy (non-hydrogen) atoms. The van der Waals surface area contributed by atoms with Gasteiger partial charge in [-0.3, -0.25) is 14.3 Å². The van der Waals surface area contributed by atoms with Crippen LogP contribution in [0.3, 0.4) is 0 Å². The Morgan fingerprint density at radius 2 is 1.72 bits per heavy atom. The zero-order valence-corrected chi connectivity index (χ0v) is 34.1. The van der Waals surface area contributed by atoms with Gasteiger partial charge in [0.2, 0.25) is 5.95 Å². The number of H-pyrrole nitrogens is 1. The fraction of sp³-hybridized carbons (Fsp3) is 0.405. The van der Waals surface area contributed by atoms with E-state index in [2.05, 4.69) is 56.1 Å². The summed E-state index contributed by atoms with van der Waals surface area (Å²) in [6.07, 6.45) is 11.9. The molecular weight excluding hydrogens is 771 g/mol. The number of benzene rings is 1. The number of carbonyl (C=O) groups excluding carboxylic acids is 1. The number of anilines is 3. The molecule has 8 rings (SSSR count). The largest absolute Gasteiger partial charge is 0.354 e. The number of hydrogen-bond acceptors (Lipinski definition) is 12. The van der Waals surface area contributed by atoms with Gasteiger partial charge in [-0.05, 0) is 88.6 Å². The van der Waals surface area contributed by atoms with Crippen LogP contribution in [0.2, 0.25) is 0 Å². The zero-order chi connectivity index (χ0) is 42.0. The first-order valence-electron chi connectivity index (χ1n) is 20.2. The zero-order valence-electron chi connectivity index (χ0n) is 34.1. The number of aromatic amines is 1. The van der Waals surface area contributed by atoms with Crippen LogP contribution in [0.15, 0.2) is 72.2 Å². The van der Waals surface area contributed by atoms with Crippen molar-refractivity contribution in [3.8, 4) is 22.5 Å². The molecule has 312 valence electrons. The molecule has 0 unspecified atom stereocenters. The molecule has 0 aliphatic carbocycles. The fourth-order valence-corrected chi connectivity index (χ4v) is 7.73. The van der Waals surface area contributed by atoms with Crippen molar-refractivity contribution < 1.29 is 13.6 Å². The maximum absolute atomic E-state index is 15.1. The van der Waals surface area contributed by atoms with Crippen LogP contribution in [0, 0.1) is 24.5 Å². The molecule has 6 aromatic rings. The van der Waals surface area contributed by atoms with Gasteiger partial charge in [-0.15, -0.1) is 5.10 Å². The second-order valence-corrected chi connectivity index (χ2v) is 16.6. The highest BCUT2D eigenvalue weighted by Crippen LogP contribution is 2.30. The van der Waals surface area contributed by atoms with E-state index in [9.17, 15) is 9.59 Å². The Bertz CT molecular complexity index is 2510. The van der Waals surface area contributed by atoms with Gasteiger partial charge in [0.15, 0.2) is 23.1 Å². The average molecular weight is 819 g/mol. The van der Waals surface area contributed by atoms with Crippen molar-refractivity contribution >= 4 is 23.4 Å². The second-order valence-electron chi connectivity index (χ2n) is 16.6. The number of hydrogen-bond donors (Lipinski definition) is 3. The van der Waals surface area contributed by atoms with Crippen molar-refractivity contribution in [1.29, 1.82) is 0 Å². The lowest BCUT2D eigenvalue weighted by atomic mass is 9.94. The molecule has 0 spiro atoms.